The fourth-order valence-electron chi connectivity index (χ4n) is 4.31. The van der Waals surface area contributed by atoms with Crippen molar-refractivity contribution in [2.75, 3.05) is 6.61 Å². The van der Waals surface area contributed by atoms with E-state index in [1.165, 1.54) is 0 Å². The van der Waals surface area contributed by atoms with E-state index in [1.807, 2.05) is 13.0 Å². The molecule has 31 heavy (non-hydrogen) atoms. The van der Waals surface area contributed by atoms with Crippen LogP contribution in [-0.2, 0) is 17.8 Å². The van der Waals surface area contributed by atoms with E-state index in [1.54, 1.807) is 24.3 Å². The van der Waals surface area contributed by atoms with Gasteiger partial charge in [-0.1, -0.05) is 38.0 Å². The van der Waals surface area contributed by atoms with Crippen molar-refractivity contribution in [3.63, 3.8) is 0 Å². The lowest BCUT2D eigenvalue weighted by atomic mass is 9.82. The Bertz CT molecular complexity index is 845. The summed E-state index contributed by atoms with van der Waals surface area (Å²) in [6, 6.07) is 8.52. The predicted molar refractivity (Wildman–Crippen MR) is 117 cm³/mol. The van der Waals surface area contributed by atoms with E-state index >= 15 is 0 Å². The van der Waals surface area contributed by atoms with Gasteiger partial charge in [0.1, 0.15) is 0 Å². The minimum Gasteiger partial charge on any atom is -0.491 e. The molecule has 0 amide bonds. The number of aryl methyl sites for hydroxylation is 1. The minimum absolute atomic E-state index is 0.00971. The van der Waals surface area contributed by atoms with E-state index in [-0.39, 0.29) is 35.8 Å². The molecule has 0 spiro atoms. The van der Waals surface area contributed by atoms with Gasteiger partial charge in [-0.15, -0.1) is 0 Å². The summed E-state index contributed by atoms with van der Waals surface area (Å²) in [5.74, 6) is -1.28. The second kappa shape index (κ2) is 11.6. The molecule has 0 N–H and O–H groups in total. The highest BCUT2D eigenvalue weighted by Gasteiger charge is 2.24. The summed E-state index contributed by atoms with van der Waals surface area (Å²) in [6.07, 6.45) is 6.89. The first-order chi connectivity index (χ1) is 15.0. The zero-order chi connectivity index (χ0) is 22.2. The number of ether oxygens (including phenoxy) is 2. The van der Waals surface area contributed by atoms with Crippen molar-refractivity contribution >= 4 is 0 Å². The lowest BCUT2D eigenvalue weighted by Gasteiger charge is -2.29. The molecule has 1 aliphatic rings. The van der Waals surface area contributed by atoms with Crippen LogP contribution in [0.15, 0.2) is 30.3 Å². The number of hydrogen-bond acceptors (Lipinski definition) is 2. The van der Waals surface area contributed by atoms with Gasteiger partial charge in [-0.2, -0.15) is 0 Å². The molecule has 2 nitrogen and oxygen atoms in total. The molecule has 0 unspecified atom stereocenters. The highest BCUT2D eigenvalue weighted by molar-refractivity contribution is 5.31. The normalized spacial score (nSPS) is 18.9. The standard InChI is InChI=1S/C26H33F3O2/c1-3-5-6-7-19-8-9-21(26(29)25(19)28)17-31-22-13-10-18(11-14-22)20-12-15-24(30-4-2)23(27)16-20/h8-9,12,15-16,18,22H,3-7,10-11,13-14,17H2,1-2H3. The maximum atomic E-state index is 14.4. The number of halogens is 3. The Kier molecular flexibility index (Phi) is 8.82. The van der Waals surface area contributed by atoms with E-state index in [0.717, 1.165) is 50.5 Å². The smallest absolute Gasteiger partial charge is 0.165 e. The summed E-state index contributed by atoms with van der Waals surface area (Å²) in [6.45, 7) is 4.42. The van der Waals surface area contributed by atoms with Crippen LogP contribution in [0.25, 0.3) is 0 Å². The predicted octanol–water partition coefficient (Wildman–Crippen LogP) is 7.48. The number of hydrogen-bond donors (Lipinski definition) is 0. The lowest BCUT2D eigenvalue weighted by molar-refractivity contribution is 0.0118. The second-order valence-electron chi connectivity index (χ2n) is 8.38. The molecule has 0 atom stereocenters. The molecule has 3 rings (SSSR count). The largest absolute Gasteiger partial charge is 0.491 e. The zero-order valence-corrected chi connectivity index (χ0v) is 18.6. The third-order valence-electron chi connectivity index (χ3n) is 6.17. The van der Waals surface area contributed by atoms with E-state index in [2.05, 4.69) is 6.92 Å². The van der Waals surface area contributed by atoms with Crippen molar-refractivity contribution in [1.82, 2.24) is 0 Å². The Morgan fingerprint density at radius 1 is 0.871 bits per heavy atom. The summed E-state index contributed by atoms with van der Waals surface area (Å²) >= 11 is 0. The SMILES string of the molecule is CCCCCc1ccc(COC2CCC(c3ccc(OCC)c(F)c3)CC2)c(F)c1F. The summed E-state index contributed by atoms with van der Waals surface area (Å²) in [7, 11) is 0. The van der Waals surface area contributed by atoms with Gasteiger partial charge in [-0.3, -0.25) is 0 Å². The molecule has 5 heteroatoms. The fraction of sp³-hybridized carbons (Fsp3) is 0.538. The first kappa shape index (κ1) is 23.6. The molecule has 0 radical (unpaired) electrons. The van der Waals surface area contributed by atoms with Crippen LogP contribution >= 0.6 is 0 Å². The van der Waals surface area contributed by atoms with Gasteiger partial charge < -0.3 is 9.47 Å². The molecule has 170 valence electrons. The molecule has 0 aromatic heterocycles. The topological polar surface area (TPSA) is 18.5 Å². The maximum absolute atomic E-state index is 14.4. The minimum atomic E-state index is -0.785. The molecular formula is C26H33F3O2. The first-order valence-electron chi connectivity index (χ1n) is 11.5. The average molecular weight is 435 g/mol. The van der Waals surface area contributed by atoms with Crippen LogP contribution in [-0.4, -0.2) is 12.7 Å². The second-order valence-corrected chi connectivity index (χ2v) is 8.38. The Morgan fingerprint density at radius 2 is 1.58 bits per heavy atom. The Balaban J connectivity index is 1.50. The molecule has 0 saturated heterocycles. The third kappa shape index (κ3) is 6.25. The summed E-state index contributed by atoms with van der Waals surface area (Å²) in [5, 5.41) is 0. The van der Waals surface area contributed by atoms with Crippen molar-refractivity contribution in [2.45, 2.75) is 83.8 Å². The van der Waals surface area contributed by atoms with E-state index in [0.29, 0.717) is 18.6 Å². The molecule has 1 saturated carbocycles. The van der Waals surface area contributed by atoms with Gasteiger partial charge in [-0.25, -0.2) is 13.2 Å². The van der Waals surface area contributed by atoms with E-state index in [4.69, 9.17) is 9.47 Å². The van der Waals surface area contributed by atoms with Gasteiger partial charge >= 0.3 is 0 Å². The van der Waals surface area contributed by atoms with Crippen LogP contribution in [0.5, 0.6) is 5.75 Å². The van der Waals surface area contributed by atoms with Gasteiger partial charge in [0.2, 0.25) is 0 Å². The highest BCUT2D eigenvalue weighted by atomic mass is 19.2. The first-order valence-corrected chi connectivity index (χ1v) is 11.5. The monoisotopic (exact) mass is 434 g/mol. The van der Waals surface area contributed by atoms with E-state index in [9.17, 15) is 13.2 Å². The van der Waals surface area contributed by atoms with Gasteiger partial charge in [-0.05, 0) is 74.6 Å². The van der Waals surface area contributed by atoms with Crippen LogP contribution in [0.3, 0.4) is 0 Å². The number of rotatable bonds is 10. The number of benzene rings is 2. The van der Waals surface area contributed by atoms with Crippen LogP contribution in [0.1, 0.15) is 81.4 Å². The van der Waals surface area contributed by atoms with Gasteiger partial charge in [0.25, 0.3) is 0 Å². The van der Waals surface area contributed by atoms with Crippen LogP contribution in [0.4, 0.5) is 13.2 Å². The molecule has 2 aromatic carbocycles. The molecule has 1 aliphatic carbocycles. The van der Waals surface area contributed by atoms with Gasteiger partial charge in [0.15, 0.2) is 23.2 Å². The summed E-state index contributed by atoms with van der Waals surface area (Å²) in [5.41, 5.74) is 1.69. The molecule has 0 aliphatic heterocycles. The molecule has 1 fully saturated rings. The average Bonchev–Trinajstić information content (AvgIpc) is 2.78. The van der Waals surface area contributed by atoms with Crippen molar-refractivity contribution in [1.29, 1.82) is 0 Å². The fourth-order valence-corrected chi connectivity index (χ4v) is 4.31. The van der Waals surface area contributed by atoms with Crippen molar-refractivity contribution < 1.29 is 22.6 Å². The van der Waals surface area contributed by atoms with Crippen molar-refractivity contribution in [3.8, 4) is 5.75 Å². The highest BCUT2D eigenvalue weighted by Crippen LogP contribution is 2.36. The Morgan fingerprint density at radius 3 is 2.26 bits per heavy atom. The molecule has 0 bridgehead atoms. The molecular weight excluding hydrogens is 401 g/mol. The summed E-state index contributed by atoms with van der Waals surface area (Å²) in [4.78, 5) is 0. The van der Waals surface area contributed by atoms with Crippen molar-refractivity contribution in [3.05, 3.63) is 64.5 Å². The van der Waals surface area contributed by atoms with Crippen molar-refractivity contribution in [2.24, 2.45) is 0 Å². The summed E-state index contributed by atoms with van der Waals surface area (Å²) < 4.78 is 54.1. The van der Waals surface area contributed by atoms with Gasteiger partial charge in [0, 0.05) is 5.56 Å². The zero-order valence-electron chi connectivity index (χ0n) is 18.6. The third-order valence-corrected chi connectivity index (χ3v) is 6.17. The van der Waals surface area contributed by atoms with Crippen LogP contribution in [0, 0.1) is 17.5 Å². The van der Waals surface area contributed by atoms with Crippen LogP contribution < -0.4 is 4.74 Å². The lowest BCUT2D eigenvalue weighted by Crippen LogP contribution is -2.21. The Hall–Kier alpha value is -2.01. The molecule has 2 aromatic rings. The van der Waals surface area contributed by atoms with E-state index < -0.39 is 11.6 Å². The quantitative estimate of drug-likeness (QED) is 0.361. The Labute approximate surface area is 183 Å². The molecule has 0 heterocycles. The maximum Gasteiger partial charge on any atom is 0.165 e. The van der Waals surface area contributed by atoms with Crippen LogP contribution in [0.2, 0.25) is 0 Å². The van der Waals surface area contributed by atoms with Gasteiger partial charge in [0.05, 0.1) is 19.3 Å². The number of unbranched alkanes of at least 4 members (excludes halogenated alkanes) is 2.